The third kappa shape index (κ3) is 5.28. The summed E-state index contributed by atoms with van der Waals surface area (Å²) in [6.07, 6.45) is 2.93. The molecule has 4 N–H and O–H groups in total. The standard InChI is InChI=1S/C23H24Cl2N6O5S/c1-29(2)21-17(25)9-14(11-28-21)31(37(35)36)18-4-6-30(22(18)32)19(23(33)34)8-13-7-12-3-5-27-20(26)15(12)10-16(13)24/h3,5,7,9-11,18-19H,4,6,8H2,1-2H3,(H2,26,27)(H,33,34)(H,35,36)/t18-,19+/m0/s1. The molecule has 0 bridgehead atoms. The Morgan fingerprint density at radius 1 is 1.27 bits per heavy atom. The normalized spacial score (nSPS) is 17.2. The van der Waals surface area contributed by atoms with Crippen molar-refractivity contribution < 1.29 is 23.5 Å². The first-order valence-corrected chi connectivity index (χ1v) is 12.9. The Morgan fingerprint density at radius 2 is 2.00 bits per heavy atom. The fourth-order valence-electron chi connectivity index (χ4n) is 4.42. The van der Waals surface area contributed by atoms with Crippen LogP contribution in [0.1, 0.15) is 12.0 Å². The first-order chi connectivity index (χ1) is 17.5. The van der Waals surface area contributed by atoms with Crippen LogP contribution in [-0.4, -0.2) is 73.3 Å². The van der Waals surface area contributed by atoms with E-state index in [0.717, 1.165) is 9.69 Å². The third-order valence-corrected chi connectivity index (χ3v) is 7.62. The zero-order chi connectivity index (χ0) is 27.0. The number of aromatic nitrogens is 2. The van der Waals surface area contributed by atoms with Crippen molar-refractivity contribution in [3.63, 3.8) is 0 Å². The molecule has 1 amide bonds. The van der Waals surface area contributed by atoms with Crippen LogP contribution in [0.4, 0.5) is 17.3 Å². The van der Waals surface area contributed by atoms with E-state index in [0.29, 0.717) is 27.6 Å². The maximum atomic E-state index is 13.4. The number of likely N-dealkylation sites (tertiary alicyclic amines) is 1. The van der Waals surface area contributed by atoms with Crippen molar-refractivity contribution in [2.45, 2.75) is 24.9 Å². The van der Waals surface area contributed by atoms with Crippen molar-refractivity contribution in [2.75, 3.05) is 35.6 Å². The number of aliphatic carboxylic acids is 1. The number of carbonyl (C=O) groups excluding carboxylic acids is 1. The molecule has 196 valence electrons. The van der Waals surface area contributed by atoms with Crippen LogP contribution in [0.25, 0.3) is 10.8 Å². The third-order valence-electron chi connectivity index (χ3n) is 6.19. The quantitative estimate of drug-likeness (QED) is 0.349. The Morgan fingerprint density at radius 3 is 2.62 bits per heavy atom. The Hall–Kier alpha value is -3.19. The number of anilines is 3. The number of carbonyl (C=O) groups is 2. The molecule has 1 aliphatic rings. The van der Waals surface area contributed by atoms with Crippen LogP contribution in [-0.2, 0) is 27.3 Å². The van der Waals surface area contributed by atoms with Gasteiger partial charge in [0.2, 0.25) is 5.91 Å². The van der Waals surface area contributed by atoms with Gasteiger partial charge >= 0.3 is 5.97 Å². The van der Waals surface area contributed by atoms with E-state index in [9.17, 15) is 23.5 Å². The predicted molar refractivity (Wildman–Crippen MR) is 143 cm³/mol. The summed E-state index contributed by atoms with van der Waals surface area (Å²) in [5, 5.41) is 11.9. The van der Waals surface area contributed by atoms with E-state index in [1.54, 1.807) is 37.2 Å². The van der Waals surface area contributed by atoms with Gasteiger partial charge in [-0.15, -0.1) is 0 Å². The molecule has 3 heterocycles. The number of halogens is 2. The molecule has 4 rings (SSSR count). The van der Waals surface area contributed by atoms with Gasteiger partial charge < -0.3 is 20.6 Å². The number of nitrogens with zero attached hydrogens (tertiary/aromatic N) is 5. The van der Waals surface area contributed by atoms with Gasteiger partial charge in [-0.25, -0.2) is 19.0 Å². The number of benzene rings is 1. The second-order valence-electron chi connectivity index (χ2n) is 8.71. The van der Waals surface area contributed by atoms with Gasteiger partial charge in [0.25, 0.3) is 11.3 Å². The monoisotopic (exact) mass is 566 g/mol. The summed E-state index contributed by atoms with van der Waals surface area (Å²) in [7, 11) is 3.49. The molecule has 37 heavy (non-hydrogen) atoms. The van der Waals surface area contributed by atoms with Crippen molar-refractivity contribution in [3.05, 3.63) is 52.3 Å². The predicted octanol–water partition coefficient (Wildman–Crippen LogP) is 2.82. The summed E-state index contributed by atoms with van der Waals surface area (Å²) < 4.78 is 23.3. The summed E-state index contributed by atoms with van der Waals surface area (Å²) >= 11 is 10.1. The maximum absolute atomic E-state index is 13.4. The van der Waals surface area contributed by atoms with Crippen LogP contribution < -0.4 is 14.9 Å². The molecule has 1 unspecified atom stereocenters. The number of nitrogen functional groups attached to an aromatic ring is 1. The Labute approximate surface area is 225 Å². The van der Waals surface area contributed by atoms with Crippen LogP contribution in [0.5, 0.6) is 0 Å². The summed E-state index contributed by atoms with van der Waals surface area (Å²) in [4.78, 5) is 36.8. The van der Waals surface area contributed by atoms with Gasteiger partial charge in [-0.05, 0) is 41.6 Å². The number of amides is 1. The fraction of sp³-hybridized carbons (Fsp3) is 0.304. The zero-order valence-corrected chi connectivity index (χ0v) is 22.2. The molecule has 1 saturated heterocycles. The summed E-state index contributed by atoms with van der Waals surface area (Å²) in [6.45, 7) is 0.0627. The van der Waals surface area contributed by atoms with E-state index in [1.807, 2.05) is 0 Å². The van der Waals surface area contributed by atoms with Gasteiger partial charge in [0.1, 0.15) is 23.7 Å². The highest BCUT2D eigenvalue weighted by Gasteiger charge is 2.44. The molecule has 0 radical (unpaired) electrons. The molecule has 3 aromatic rings. The van der Waals surface area contributed by atoms with Gasteiger partial charge in [0, 0.05) is 43.7 Å². The highest BCUT2D eigenvalue weighted by Crippen LogP contribution is 2.33. The minimum absolute atomic E-state index is 0.0627. The van der Waals surface area contributed by atoms with Gasteiger partial charge in [-0.1, -0.05) is 23.2 Å². The Kier molecular flexibility index (Phi) is 7.74. The van der Waals surface area contributed by atoms with Crippen molar-refractivity contribution in [1.29, 1.82) is 0 Å². The van der Waals surface area contributed by atoms with E-state index in [1.165, 1.54) is 23.4 Å². The number of carboxylic acids is 1. The lowest BCUT2D eigenvalue weighted by Crippen LogP contribution is -2.48. The van der Waals surface area contributed by atoms with E-state index in [2.05, 4.69) is 9.97 Å². The van der Waals surface area contributed by atoms with Crippen LogP contribution in [0.15, 0.2) is 36.7 Å². The zero-order valence-electron chi connectivity index (χ0n) is 19.8. The second-order valence-corrected chi connectivity index (χ2v) is 10.4. The first-order valence-electron chi connectivity index (χ1n) is 11.1. The fourth-order valence-corrected chi connectivity index (χ4v) is 5.69. The van der Waals surface area contributed by atoms with Crippen molar-refractivity contribution in [1.82, 2.24) is 14.9 Å². The number of hydrogen-bond donors (Lipinski definition) is 3. The minimum Gasteiger partial charge on any atom is -0.480 e. The smallest absolute Gasteiger partial charge is 0.326 e. The largest absolute Gasteiger partial charge is 0.480 e. The number of fused-ring (bicyclic) bond motifs is 1. The van der Waals surface area contributed by atoms with Gasteiger partial charge in [0.05, 0.1) is 16.9 Å². The Bertz CT molecular complexity index is 1410. The highest BCUT2D eigenvalue weighted by atomic mass is 35.5. The number of nitrogens with two attached hydrogens (primary N) is 1. The van der Waals surface area contributed by atoms with Gasteiger partial charge in [-0.3, -0.25) is 13.7 Å². The van der Waals surface area contributed by atoms with E-state index >= 15 is 0 Å². The lowest BCUT2D eigenvalue weighted by Gasteiger charge is -2.28. The molecule has 3 atom stereocenters. The van der Waals surface area contributed by atoms with E-state index in [-0.39, 0.29) is 30.1 Å². The second kappa shape index (κ2) is 10.7. The van der Waals surface area contributed by atoms with Crippen LogP contribution >= 0.6 is 23.2 Å². The number of carboxylic acid groups (broad SMARTS) is 1. The Balaban J connectivity index is 1.62. The summed E-state index contributed by atoms with van der Waals surface area (Å²) in [5.74, 6) is -1.09. The lowest BCUT2D eigenvalue weighted by molar-refractivity contribution is -0.148. The number of pyridine rings is 2. The van der Waals surface area contributed by atoms with E-state index < -0.39 is 35.2 Å². The molecule has 0 spiro atoms. The van der Waals surface area contributed by atoms with Crippen molar-refractivity contribution in [3.8, 4) is 0 Å². The molecule has 11 nitrogen and oxygen atoms in total. The van der Waals surface area contributed by atoms with Gasteiger partial charge in [0.15, 0.2) is 0 Å². The topological polar surface area (TPSA) is 153 Å². The SMILES string of the molecule is CN(C)c1ncc(N([C@H]2CCN([C@H](Cc3cc4ccnc(N)c4cc3Cl)C(=O)O)C2=O)S(=O)O)cc1Cl. The van der Waals surface area contributed by atoms with Crippen LogP contribution in [0.3, 0.4) is 0 Å². The average molecular weight is 567 g/mol. The molecule has 1 aliphatic heterocycles. The minimum atomic E-state index is -2.60. The molecule has 0 aliphatic carbocycles. The molecular weight excluding hydrogens is 543 g/mol. The van der Waals surface area contributed by atoms with Crippen molar-refractivity contribution >= 4 is 74.4 Å². The molecule has 14 heteroatoms. The van der Waals surface area contributed by atoms with E-state index in [4.69, 9.17) is 28.9 Å². The molecule has 1 fully saturated rings. The summed E-state index contributed by atoms with van der Waals surface area (Å²) in [5.41, 5.74) is 6.58. The van der Waals surface area contributed by atoms with Crippen LogP contribution in [0.2, 0.25) is 10.0 Å². The summed E-state index contributed by atoms with van der Waals surface area (Å²) in [6, 6.07) is 4.17. The molecular formula is C23H24Cl2N6O5S. The maximum Gasteiger partial charge on any atom is 0.326 e. The molecule has 2 aromatic heterocycles. The number of hydrogen-bond acceptors (Lipinski definition) is 7. The molecule has 0 saturated carbocycles. The number of rotatable bonds is 8. The lowest BCUT2D eigenvalue weighted by atomic mass is 10.0. The average Bonchev–Trinajstić information content (AvgIpc) is 3.18. The van der Waals surface area contributed by atoms with Gasteiger partial charge in [-0.2, -0.15) is 0 Å². The first kappa shape index (κ1) is 26.9. The van der Waals surface area contributed by atoms with Crippen LogP contribution in [0, 0.1) is 0 Å². The van der Waals surface area contributed by atoms with Crippen molar-refractivity contribution in [2.24, 2.45) is 0 Å². The molecule has 1 aromatic carbocycles. The highest BCUT2D eigenvalue weighted by molar-refractivity contribution is 7.80.